The molecule has 4 nitrogen and oxygen atoms in total. The minimum absolute atomic E-state index is 0.0713. The van der Waals surface area contributed by atoms with Crippen LogP contribution in [0.4, 0.5) is 0 Å². The fourth-order valence-corrected chi connectivity index (χ4v) is 5.18. The maximum atomic E-state index is 12.4. The van der Waals surface area contributed by atoms with Crippen molar-refractivity contribution in [3.05, 3.63) is 0 Å². The van der Waals surface area contributed by atoms with Crippen LogP contribution in [0.15, 0.2) is 0 Å². The van der Waals surface area contributed by atoms with Gasteiger partial charge in [-0.15, -0.1) is 0 Å². The van der Waals surface area contributed by atoms with Crippen molar-refractivity contribution in [1.29, 1.82) is 0 Å². The van der Waals surface area contributed by atoms with E-state index in [1.165, 1.54) is 0 Å². The molecule has 0 aromatic heterocycles. The summed E-state index contributed by atoms with van der Waals surface area (Å²) in [4.78, 5) is 0. The third-order valence-electron chi connectivity index (χ3n) is 4.56. The topological polar surface area (TPSA) is 63.4 Å². The van der Waals surface area contributed by atoms with Gasteiger partial charge in [-0.1, -0.05) is 20.8 Å². The van der Waals surface area contributed by atoms with Crippen LogP contribution < -0.4 is 5.73 Å². The van der Waals surface area contributed by atoms with Crippen molar-refractivity contribution < 1.29 is 8.42 Å². The molecular weight excluding hydrogens is 260 g/mol. The molecule has 1 saturated heterocycles. The Kier molecular flexibility index (Phi) is 4.29. The Morgan fingerprint density at radius 3 is 2.42 bits per heavy atom. The zero-order chi connectivity index (χ0) is 14.3. The largest absolute Gasteiger partial charge is 0.328 e. The summed E-state index contributed by atoms with van der Waals surface area (Å²) in [6.07, 6.45) is 3.87. The summed E-state index contributed by atoms with van der Waals surface area (Å²) >= 11 is 0. The molecular formula is C14H28N2O2S. The zero-order valence-electron chi connectivity index (χ0n) is 12.4. The fourth-order valence-electron chi connectivity index (χ4n) is 3.22. The molecule has 0 bridgehead atoms. The molecule has 1 aliphatic heterocycles. The van der Waals surface area contributed by atoms with E-state index < -0.39 is 10.0 Å². The lowest BCUT2D eigenvalue weighted by molar-refractivity contribution is 0.271. The van der Waals surface area contributed by atoms with Crippen molar-refractivity contribution in [2.45, 2.75) is 52.5 Å². The fraction of sp³-hybridized carbons (Fsp3) is 1.00. The van der Waals surface area contributed by atoms with Crippen LogP contribution in [0, 0.1) is 17.3 Å². The summed E-state index contributed by atoms with van der Waals surface area (Å²) in [5.41, 5.74) is 6.06. The van der Waals surface area contributed by atoms with Gasteiger partial charge in [-0.05, 0) is 42.9 Å². The van der Waals surface area contributed by atoms with Crippen LogP contribution in [0.1, 0.15) is 46.5 Å². The number of sulfonamides is 1. The van der Waals surface area contributed by atoms with E-state index in [0.29, 0.717) is 18.4 Å². The average molecular weight is 288 g/mol. The van der Waals surface area contributed by atoms with E-state index >= 15 is 0 Å². The molecule has 2 rings (SSSR count). The normalized spacial score (nSPS) is 33.4. The van der Waals surface area contributed by atoms with Crippen molar-refractivity contribution in [1.82, 2.24) is 4.31 Å². The van der Waals surface area contributed by atoms with Gasteiger partial charge in [0.15, 0.2) is 0 Å². The third kappa shape index (κ3) is 3.92. The molecule has 1 unspecified atom stereocenters. The van der Waals surface area contributed by atoms with Gasteiger partial charge in [-0.25, -0.2) is 12.7 Å². The third-order valence-corrected chi connectivity index (χ3v) is 6.37. The molecule has 0 aromatic carbocycles. The van der Waals surface area contributed by atoms with Gasteiger partial charge in [0, 0.05) is 19.1 Å². The van der Waals surface area contributed by atoms with Gasteiger partial charge in [0.2, 0.25) is 10.0 Å². The summed E-state index contributed by atoms with van der Waals surface area (Å²) in [5.74, 6) is 1.32. The first-order valence-electron chi connectivity index (χ1n) is 7.41. The van der Waals surface area contributed by atoms with E-state index in [4.69, 9.17) is 5.73 Å². The highest BCUT2D eigenvalue weighted by Crippen LogP contribution is 2.37. The summed E-state index contributed by atoms with van der Waals surface area (Å²) in [5, 5.41) is 0. The van der Waals surface area contributed by atoms with Crippen molar-refractivity contribution in [3.8, 4) is 0 Å². The number of hydrogen-bond acceptors (Lipinski definition) is 3. The molecule has 1 saturated carbocycles. The summed E-state index contributed by atoms with van der Waals surface area (Å²) in [6, 6.07) is 0.276. The van der Waals surface area contributed by atoms with Crippen LogP contribution in [0.25, 0.3) is 0 Å². The Morgan fingerprint density at radius 1 is 1.16 bits per heavy atom. The molecule has 0 aromatic rings. The van der Waals surface area contributed by atoms with Gasteiger partial charge in [0.05, 0.1) is 5.75 Å². The minimum atomic E-state index is -3.08. The molecule has 2 N–H and O–H groups in total. The lowest BCUT2D eigenvalue weighted by atomic mass is 9.79. The van der Waals surface area contributed by atoms with Crippen LogP contribution in [-0.2, 0) is 10.0 Å². The highest BCUT2D eigenvalue weighted by molar-refractivity contribution is 7.89. The molecule has 2 aliphatic rings. The molecule has 3 atom stereocenters. The molecule has 0 spiro atoms. The second-order valence-electron chi connectivity index (χ2n) is 7.54. The number of nitrogens with zero attached hydrogens (tertiary/aromatic N) is 1. The van der Waals surface area contributed by atoms with E-state index in [0.717, 1.165) is 32.2 Å². The highest BCUT2D eigenvalue weighted by atomic mass is 32.2. The molecule has 1 aliphatic carbocycles. The predicted octanol–water partition coefficient (Wildman–Crippen LogP) is 1.81. The van der Waals surface area contributed by atoms with Crippen LogP contribution in [0.2, 0.25) is 0 Å². The van der Waals surface area contributed by atoms with Crippen LogP contribution >= 0.6 is 0 Å². The first kappa shape index (κ1) is 15.3. The molecule has 0 radical (unpaired) electrons. The van der Waals surface area contributed by atoms with E-state index in [-0.39, 0.29) is 17.2 Å². The van der Waals surface area contributed by atoms with Gasteiger partial charge in [0.25, 0.3) is 0 Å². The monoisotopic (exact) mass is 288 g/mol. The minimum Gasteiger partial charge on any atom is -0.328 e. The maximum Gasteiger partial charge on any atom is 0.214 e. The van der Waals surface area contributed by atoms with Crippen LogP contribution in [0.3, 0.4) is 0 Å². The average Bonchev–Trinajstić information content (AvgIpc) is 2.69. The first-order valence-corrected chi connectivity index (χ1v) is 9.02. The Morgan fingerprint density at radius 2 is 1.79 bits per heavy atom. The summed E-state index contributed by atoms with van der Waals surface area (Å²) in [6.45, 7) is 7.69. The van der Waals surface area contributed by atoms with E-state index in [1.807, 2.05) is 0 Å². The smallest absolute Gasteiger partial charge is 0.214 e. The number of fused-ring (bicyclic) bond motifs is 1. The van der Waals surface area contributed by atoms with E-state index in [2.05, 4.69) is 20.8 Å². The maximum absolute atomic E-state index is 12.4. The quantitative estimate of drug-likeness (QED) is 0.861. The van der Waals surface area contributed by atoms with Crippen LogP contribution in [-0.4, -0.2) is 37.6 Å². The number of rotatable bonds is 3. The molecule has 5 heteroatoms. The summed E-state index contributed by atoms with van der Waals surface area (Å²) < 4.78 is 26.5. The SMILES string of the molecule is CC(C)(C)CCS(=O)(=O)N1C[C@H]2CCC(N)C[C@H]2C1. The van der Waals surface area contributed by atoms with Crippen LogP contribution in [0.5, 0.6) is 0 Å². The van der Waals surface area contributed by atoms with Gasteiger partial charge in [-0.2, -0.15) is 0 Å². The molecule has 19 heavy (non-hydrogen) atoms. The Balaban J connectivity index is 1.96. The second-order valence-corrected chi connectivity index (χ2v) is 9.63. The summed E-state index contributed by atoms with van der Waals surface area (Å²) in [7, 11) is -3.08. The predicted molar refractivity (Wildman–Crippen MR) is 78.2 cm³/mol. The van der Waals surface area contributed by atoms with Gasteiger partial charge < -0.3 is 5.73 Å². The Labute approximate surface area is 117 Å². The Hall–Kier alpha value is -0.130. The lowest BCUT2D eigenvalue weighted by Crippen LogP contribution is -2.33. The van der Waals surface area contributed by atoms with Gasteiger partial charge in [-0.3, -0.25) is 0 Å². The second kappa shape index (κ2) is 5.34. The molecule has 1 heterocycles. The van der Waals surface area contributed by atoms with Crippen molar-refractivity contribution in [3.63, 3.8) is 0 Å². The number of nitrogens with two attached hydrogens (primary N) is 1. The molecule has 2 fully saturated rings. The van der Waals surface area contributed by atoms with Crippen molar-refractivity contribution >= 4 is 10.0 Å². The standard InChI is InChI=1S/C14H28N2O2S/c1-14(2,3)6-7-19(17,18)16-9-11-4-5-13(15)8-12(11)10-16/h11-13H,4-10,15H2,1-3H3/t11-,12+,13?/m1/s1. The van der Waals surface area contributed by atoms with Crippen molar-refractivity contribution in [2.75, 3.05) is 18.8 Å². The van der Waals surface area contributed by atoms with Gasteiger partial charge >= 0.3 is 0 Å². The Bertz CT molecular complexity index is 414. The van der Waals surface area contributed by atoms with E-state index in [9.17, 15) is 8.42 Å². The van der Waals surface area contributed by atoms with E-state index in [1.54, 1.807) is 4.31 Å². The number of hydrogen-bond donors (Lipinski definition) is 1. The van der Waals surface area contributed by atoms with Gasteiger partial charge in [0.1, 0.15) is 0 Å². The van der Waals surface area contributed by atoms with Crippen molar-refractivity contribution in [2.24, 2.45) is 23.0 Å². The zero-order valence-corrected chi connectivity index (χ0v) is 13.2. The first-order chi connectivity index (χ1) is 8.67. The molecule has 112 valence electrons. The highest BCUT2D eigenvalue weighted by Gasteiger charge is 2.41. The molecule has 0 amide bonds. The lowest BCUT2D eigenvalue weighted by Gasteiger charge is -2.28.